The van der Waals surface area contributed by atoms with Crippen LogP contribution in [0.15, 0.2) is 134 Å². The number of ether oxygens (including phenoxy) is 4. The summed E-state index contributed by atoms with van der Waals surface area (Å²) in [6.07, 6.45) is 4.28. The molecule has 2 aliphatic rings. The summed E-state index contributed by atoms with van der Waals surface area (Å²) in [5.74, 6) is 0.828. The van der Waals surface area contributed by atoms with Crippen molar-refractivity contribution in [3.63, 3.8) is 0 Å². The molecule has 0 aliphatic carbocycles. The van der Waals surface area contributed by atoms with Gasteiger partial charge < -0.3 is 38.3 Å². The fourth-order valence-corrected chi connectivity index (χ4v) is 9.22. The highest BCUT2D eigenvalue weighted by atomic mass is 35.5. The lowest BCUT2D eigenvalue weighted by molar-refractivity contribution is -0.263. The van der Waals surface area contributed by atoms with Crippen molar-refractivity contribution in [3.8, 4) is 22.5 Å². The fraction of sp³-hybridized carbons (Fsp3) is 0.467. The van der Waals surface area contributed by atoms with Gasteiger partial charge in [-0.05, 0) is 61.3 Å². The third-order valence-corrected chi connectivity index (χ3v) is 13.7. The van der Waals surface area contributed by atoms with E-state index >= 15 is 0 Å². The van der Waals surface area contributed by atoms with Crippen LogP contribution < -0.4 is 5.32 Å². The number of halogens is 3. The van der Waals surface area contributed by atoms with Crippen molar-refractivity contribution in [2.24, 2.45) is 22.7 Å². The third kappa shape index (κ3) is 17.8. The number of aromatic nitrogens is 4. The Morgan fingerprint density at radius 3 is 1.39 bits per heavy atom. The number of hydrogen-bond acceptors (Lipinski definition) is 9. The molecule has 0 radical (unpaired) electrons. The maximum atomic E-state index is 13.4. The molecular formula is C60H77Cl3N6O6. The average Bonchev–Trinajstić information content (AvgIpc) is 3.99. The number of hydrogen-bond donors (Lipinski definition) is 1. The van der Waals surface area contributed by atoms with E-state index in [1.165, 1.54) is 11.1 Å². The highest BCUT2D eigenvalue weighted by molar-refractivity contribution is 6.67. The van der Waals surface area contributed by atoms with Crippen molar-refractivity contribution in [1.82, 2.24) is 29.3 Å². The van der Waals surface area contributed by atoms with E-state index in [1.807, 2.05) is 75.1 Å². The Balaban J connectivity index is 0.000000225. The van der Waals surface area contributed by atoms with Crippen LogP contribution in [-0.2, 0) is 41.6 Å². The molecule has 0 spiro atoms. The Morgan fingerprint density at radius 1 is 0.613 bits per heavy atom. The maximum Gasteiger partial charge on any atom is 0.238 e. The van der Waals surface area contributed by atoms with E-state index in [-0.39, 0.29) is 46.5 Å². The quantitative estimate of drug-likeness (QED) is 0.0746. The van der Waals surface area contributed by atoms with Gasteiger partial charge in [-0.3, -0.25) is 9.59 Å². The number of rotatable bonds is 16. The second kappa shape index (κ2) is 26.9. The molecule has 12 nitrogen and oxygen atoms in total. The van der Waals surface area contributed by atoms with Gasteiger partial charge in [-0.25, -0.2) is 9.97 Å². The van der Waals surface area contributed by atoms with E-state index in [4.69, 9.17) is 63.7 Å². The molecule has 4 heterocycles. The summed E-state index contributed by atoms with van der Waals surface area (Å²) in [5.41, 5.74) is 6.15. The third-order valence-electron chi connectivity index (χ3n) is 12.9. The van der Waals surface area contributed by atoms with Crippen molar-refractivity contribution in [3.05, 3.63) is 156 Å². The van der Waals surface area contributed by atoms with E-state index < -0.39 is 16.8 Å². The summed E-state index contributed by atoms with van der Waals surface area (Å²) in [4.78, 5) is 35.1. The fourth-order valence-electron chi connectivity index (χ4n) is 9.07. The van der Waals surface area contributed by atoms with Crippen LogP contribution in [0.2, 0.25) is 0 Å². The molecule has 2 unspecified atom stereocenters. The Labute approximate surface area is 460 Å². The second-order valence-electron chi connectivity index (χ2n) is 22.3. The molecule has 8 rings (SSSR count). The molecule has 1 amide bonds. The number of nitrogens with zero attached hydrogens (tertiary/aromatic N) is 5. The summed E-state index contributed by atoms with van der Waals surface area (Å²) < 4.78 is 28.1. The molecule has 75 heavy (non-hydrogen) atoms. The molecule has 404 valence electrons. The normalized spacial score (nSPS) is 16.7. The Hall–Kier alpha value is -4.89. The van der Waals surface area contributed by atoms with Crippen molar-refractivity contribution in [2.45, 2.75) is 106 Å². The van der Waals surface area contributed by atoms with Crippen LogP contribution in [-0.4, -0.2) is 98.0 Å². The van der Waals surface area contributed by atoms with E-state index in [9.17, 15) is 9.59 Å². The molecule has 1 N–H and O–H groups in total. The second-order valence-corrected chi connectivity index (χ2v) is 23.3. The molecule has 6 aromatic rings. The number of carbonyl (C=O) groups excluding carboxylic acids is 2. The van der Waals surface area contributed by atoms with Crippen LogP contribution in [0, 0.1) is 22.7 Å². The Bertz CT molecular complexity index is 2670. The van der Waals surface area contributed by atoms with Gasteiger partial charge >= 0.3 is 0 Å². The van der Waals surface area contributed by atoms with Gasteiger partial charge in [0.2, 0.25) is 11.1 Å². The molecule has 2 atom stereocenters. The van der Waals surface area contributed by atoms with Gasteiger partial charge in [0.25, 0.3) is 0 Å². The minimum atomic E-state index is -0.613. The summed E-state index contributed by atoms with van der Waals surface area (Å²) in [7, 11) is 0. The highest BCUT2D eigenvalue weighted by Crippen LogP contribution is 2.41. The van der Waals surface area contributed by atoms with Gasteiger partial charge in [0.15, 0.2) is 11.6 Å². The van der Waals surface area contributed by atoms with Gasteiger partial charge in [-0.15, -0.1) is 23.2 Å². The van der Waals surface area contributed by atoms with Crippen LogP contribution in [0.4, 0.5) is 0 Å². The number of amides is 1. The number of benzene rings is 4. The Kier molecular flexibility index (Phi) is 21.3. The SMILES string of the molecule is CC1(C)OCC(CN(C(=O)CCl)C(c2nc(-c3ccccc3)cn2Cc2ccccc2)C(C)(C)C)CO1.CC1(C)OCC(CNC(c2nc(-c3ccccc3)cn2Cc2ccccc2)C(C)(C)C)CO1.O=C(Cl)CCl. The number of alkyl halides is 2. The zero-order chi connectivity index (χ0) is 54.4. The summed E-state index contributed by atoms with van der Waals surface area (Å²) >= 11 is 15.7. The first-order chi connectivity index (χ1) is 35.6. The monoisotopic (exact) mass is 1080 g/mol. The van der Waals surface area contributed by atoms with E-state index in [1.54, 1.807) is 0 Å². The van der Waals surface area contributed by atoms with Gasteiger partial charge in [-0.2, -0.15) is 0 Å². The lowest BCUT2D eigenvalue weighted by atomic mass is 9.84. The van der Waals surface area contributed by atoms with Gasteiger partial charge in [0, 0.05) is 61.5 Å². The zero-order valence-electron chi connectivity index (χ0n) is 45.4. The van der Waals surface area contributed by atoms with Crippen LogP contribution >= 0.6 is 34.8 Å². The van der Waals surface area contributed by atoms with Gasteiger partial charge in [0.1, 0.15) is 17.5 Å². The van der Waals surface area contributed by atoms with E-state index in [2.05, 4.69) is 147 Å². The Morgan fingerprint density at radius 2 is 1.00 bits per heavy atom. The summed E-state index contributed by atoms with van der Waals surface area (Å²) in [6.45, 7) is 26.2. The first kappa shape index (κ1) is 59.4. The molecule has 15 heteroatoms. The molecule has 2 aromatic heterocycles. The van der Waals surface area contributed by atoms with Crippen LogP contribution in [0.5, 0.6) is 0 Å². The van der Waals surface area contributed by atoms with E-state index in [0.29, 0.717) is 45.4 Å². The van der Waals surface area contributed by atoms with Gasteiger partial charge in [-0.1, -0.05) is 163 Å². The van der Waals surface area contributed by atoms with Crippen LogP contribution in [0.3, 0.4) is 0 Å². The van der Waals surface area contributed by atoms with Crippen molar-refractivity contribution >= 4 is 46.0 Å². The topological polar surface area (TPSA) is 122 Å². The predicted molar refractivity (Wildman–Crippen MR) is 302 cm³/mol. The number of nitrogens with one attached hydrogen (secondary N) is 1. The molecule has 2 fully saturated rings. The van der Waals surface area contributed by atoms with Crippen molar-refractivity contribution in [1.29, 1.82) is 0 Å². The minimum absolute atomic E-state index is 0.0244. The van der Waals surface area contributed by atoms with Crippen molar-refractivity contribution < 1.29 is 28.5 Å². The largest absolute Gasteiger partial charge is 0.350 e. The molecule has 2 aliphatic heterocycles. The zero-order valence-corrected chi connectivity index (χ0v) is 47.7. The molecule has 4 aromatic carbocycles. The summed E-state index contributed by atoms with van der Waals surface area (Å²) in [6, 6.07) is 41.2. The van der Waals surface area contributed by atoms with Crippen LogP contribution in [0.1, 0.15) is 104 Å². The number of carbonyl (C=O) groups is 2. The molecule has 0 bridgehead atoms. The lowest BCUT2D eigenvalue weighted by Crippen LogP contribution is -2.49. The molecule has 0 saturated carbocycles. The average molecular weight is 1080 g/mol. The number of imidazole rings is 2. The lowest BCUT2D eigenvalue weighted by Gasteiger charge is -2.43. The minimum Gasteiger partial charge on any atom is -0.350 e. The highest BCUT2D eigenvalue weighted by Gasteiger charge is 2.41. The maximum absolute atomic E-state index is 13.4. The molecule has 2 saturated heterocycles. The van der Waals surface area contributed by atoms with Crippen LogP contribution in [0.25, 0.3) is 22.5 Å². The van der Waals surface area contributed by atoms with Gasteiger partial charge in [0.05, 0.1) is 55.8 Å². The first-order valence-corrected chi connectivity index (χ1v) is 27.2. The predicted octanol–water partition coefficient (Wildman–Crippen LogP) is 12.8. The summed E-state index contributed by atoms with van der Waals surface area (Å²) in [5, 5.41) is 3.31. The standard InChI is InChI=1S/C30H38ClN3O3.C28H37N3O2.C2H2Cl2O/c1-29(2,3)27(34(26(35)16-31)18-23-20-36-30(4,5)37-21-23)28-32-25(24-14-10-7-11-15-24)19-33(28)17-22-12-8-6-9-13-22;1-27(2,3)25(29-16-22-19-32-28(4,5)33-20-22)26-30-24(23-14-10-7-11-15-23)18-31(26)17-21-12-8-6-9-13-21;3-1-2(4)5/h6-15,19,23,27H,16-18,20-21H2,1-5H3;6-15,18,22,25,29H,16-17,19-20H2,1-5H3;1H2. The van der Waals surface area contributed by atoms with E-state index in [0.717, 1.165) is 47.3 Å². The smallest absolute Gasteiger partial charge is 0.238 e. The molecular weight excluding hydrogens is 1010 g/mol. The first-order valence-electron chi connectivity index (χ1n) is 25.8. The van der Waals surface area contributed by atoms with Crippen molar-refractivity contribution in [2.75, 3.05) is 51.3 Å².